The van der Waals surface area contributed by atoms with E-state index in [2.05, 4.69) is 22.8 Å². The first kappa shape index (κ1) is 20.9. The second kappa shape index (κ2) is 10.0. The predicted molar refractivity (Wildman–Crippen MR) is 111 cm³/mol. The van der Waals surface area contributed by atoms with Crippen LogP contribution >= 0.6 is 23.6 Å². The minimum absolute atomic E-state index is 0.288. The number of benzene rings is 1. The molecule has 8 heteroatoms. The quantitative estimate of drug-likeness (QED) is 0.414. The normalized spacial score (nSPS) is 10.2. The average molecular weight is 407 g/mol. The monoisotopic (exact) mass is 406 g/mol. The first-order chi connectivity index (χ1) is 13.0. The molecule has 2 rings (SSSR count). The molecular weight excluding hydrogens is 384 g/mol. The maximum Gasteiger partial charge on any atom is 0.348 e. The Morgan fingerprint density at radius 3 is 2.41 bits per heavy atom. The highest BCUT2D eigenvalue weighted by Gasteiger charge is 2.26. The predicted octanol–water partition coefficient (Wildman–Crippen LogP) is 3.55. The summed E-state index contributed by atoms with van der Waals surface area (Å²) in [6.45, 7) is 2.36. The number of thiophene rings is 1. The Morgan fingerprint density at radius 2 is 1.78 bits per heavy atom. The fourth-order valence-electron chi connectivity index (χ4n) is 2.52. The van der Waals surface area contributed by atoms with Crippen LogP contribution in [0.25, 0.3) is 0 Å². The van der Waals surface area contributed by atoms with Crippen molar-refractivity contribution >= 4 is 45.6 Å². The molecule has 27 heavy (non-hydrogen) atoms. The molecule has 2 aromatic rings. The van der Waals surface area contributed by atoms with Crippen molar-refractivity contribution < 1.29 is 19.1 Å². The second-order valence-electron chi connectivity index (χ2n) is 5.71. The zero-order chi connectivity index (χ0) is 19.8. The van der Waals surface area contributed by atoms with Crippen molar-refractivity contribution in [3.8, 4) is 0 Å². The van der Waals surface area contributed by atoms with E-state index < -0.39 is 11.9 Å². The highest BCUT2D eigenvalue weighted by atomic mass is 32.1. The van der Waals surface area contributed by atoms with Crippen LogP contribution in [0.1, 0.15) is 37.6 Å². The molecule has 144 valence electrons. The van der Waals surface area contributed by atoms with Gasteiger partial charge >= 0.3 is 11.9 Å². The Hall–Kier alpha value is -2.45. The Morgan fingerprint density at radius 1 is 1.11 bits per heavy atom. The van der Waals surface area contributed by atoms with Gasteiger partial charge in [0.25, 0.3) is 0 Å². The molecular formula is C19H22N2O4S2. The minimum atomic E-state index is -0.534. The molecule has 0 bridgehead atoms. The lowest BCUT2D eigenvalue weighted by Crippen LogP contribution is -2.29. The van der Waals surface area contributed by atoms with E-state index in [1.54, 1.807) is 6.92 Å². The Balaban J connectivity index is 1.99. The molecule has 1 heterocycles. The third-order valence-electron chi connectivity index (χ3n) is 3.90. The molecule has 1 aromatic heterocycles. The van der Waals surface area contributed by atoms with E-state index in [9.17, 15) is 9.59 Å². The lowest BCUT2D eigenvalue weighted by Gasteiger charge is -2.10. The van der Waals surface area contributed by atoms with Gasteiger partial charge in [0.15, 0.2) is 5.11 Å². The number of thiocarbonyl (C=S) groups is 1. The highest BCUT2D eigenvalue weighted by molar-refractivity contribution is 7.80. The van der Waals surface area contributed by atoms with E-state index in [1.807, 2.05) is 18.2 Å². The van der Waals surface area contributed by atoms with Crippen LogP contribution in [-0.2, 0) is 15.9 Å². The number of hydrogen-bond acceptors (Lipinski definition) is 6. The van der Waals surface area contributed by atoms with Crippen LogP contribution in [0.15, 0.2) is 30.3 Å². The van der Waals surface area contributed by atoms with Crippen LogP contribution in [0.2, 0.25) is 0 Å². The fraction of sp³-hybridized carbons (Fsp3) is 0.316. The standard InChI is InChI=1S/C19H22N2O4S2/c1-12-14(17(22)24-2)16(27-15(12)18(23)25-3)21-19(26)20-11-7-10-13-8-5-4-6-9-13/h4-6,8-9H,7,10-11H2,1-3H3,(H2,20,21,26). The molecule has 0 atom stereocenters. The number of aryl methyl sites for hydroxylation is 1. The molecule has 0 fully saturated rings. The van der Waals surface area contributed by atoms with E-state index in [-0.39, 0.29) is 5.56 Å². The lowest BCUT2D eigenvalue weighted by atomic mass is 10.1. The number of ether oxygens (including phenoxy) is 2. The molecule has 0 aliphatic heterocycles. The summed E-state index contributed by atoms with van der Waals surface area (Å²) in [5.74, 6) is -1.04. The van der Waals surface area contributed by atoms with Gasteiger partial charge in [-0.25, -0.2) is 9.59 Å². The number of nitrogens with one attached hydrogen (secondary N) is 2. The van der Waals surface area contributed by atoms with Crippen LogP contribution in [-0.4, -0.2) is 37.8 Å². The summed E-state index contributed by atoms with van der Waals surface area (Å²) in [5, 5.41) is 6.95. The number of carbonyl (C=O) groups excluding carboxylic acids is 2. The average Bonchev–Trinajstić information content (AvgIpc) is 3.00. The minimum Gasteiger partial charge on any atom is -0.465 e. The molecule has 0 spiro atoms. The zero-order valence-electron chi connectivity index (χ0n) is 15.5. The SMILES string of the molecule is COC(=O)c1sc(NC(=S)NCCCc2ccccc2)c(C(=O)OC)c1C. The van der Waals surface area contributed by atoms with Gasteiger partial charge in [-0.3, -0.25) is 0 Å². The molecule has 0 radical (unpaired) electrons. The van der Waals surface area contributed by atoms with Crippen LogP contribution in [0, 0.1) is 6.92 Å². The largest absolute Gasteiger partial charge is 0.465 e. The van der Waals surface area contributed by atoms with Crippen LogP contribution in [0.3, 0.4) is 0 Å². The van der Waals surface area contributed by atoms with Crippen molar-refractivity contribution in [2.24, 2.45) is 0 Å². The first-order valence-corrected chi connectivity index (χ1v) is 9.59. The second-order valence-corrected chi connectivity index (χ2v) is 7.14. The maximum atomic E-state index is 12.1. The molecule has 2 N–H and O–H groups in total. The van der Waals surface area contributed by atoms with E-state index in [0.717, 1.165) is 24.2 Å². The lowest BCUT2D eigenvalue weighted by molar-refractivity contribution is 0.0601. The molecule has 0 aliphatic carbocycles. The van der Waals surface area contributed by atoms with Crippen molar-refractivity contribution in [2.75, 3.05) is 26.1 Å². The summed E-state index contributed by atoms with van der Waals surface area (Å²) >= 11 is 6.42. The third-order valence-corrected chi connectivity index (χ3v) is 5.34. The number of carbonyl (C=O) groups is 2. The topological polar surface area (TPSA) is 76.7 Å². The summed E-state index contributed by atoms with van der Waals surface area (Å²) < 4.78 is 9.59. The zero-order valence-corrected chi connectivity index (χ0v) is 17.1. The maximum absolute atomic E-state index is 12.1. The van der Waals surface area contributed by atoms with Gasteiger partial charge in [0.2, 0.25) is 0 Å². The summed E-state index contributed by atoms with van der Waals surface area (Å²) in [6, 6.07) is 10.2. The third kappa shape index (κ3) is 5.51. The van der Waals surface area contributed by atoms with Crippen molar-refractivity contribution in [1.29, 1.82) is 0 Å². The molecule has 1 aromatic carbocycles. The van der Waals surface area contributed by atoms with Crippen molar-refractivity contribution in [1.82, 2.24) is 5.32 Å². The first-order valence-electron chi connectivity index (χ1n) is 8.36. The molecule has 6 nitrogen and oxygen atoms in total. The van der Waals surface area contributed by atoms with Crippen molar-refractivity contribution in [2.45, 2.75) is 19.8 Å². The molecule has 0 unspecified atom stereocenters. The van der Waals surface area contributed by atoms with Gasteiger partial charge in [-0.1, -0.05) is 30.3 Å². The van der Waals surface area contributed by atoms with Gasteiger partial charge in [-0.05, 0) is 43.1 Å². The summed E-state index contributed by atoms with van der Waals surface area (Å²) in [5.41, 5.74) is 2.06. The smallest absolute Gasteiger partial charge is 0.348 e. The number of rotatable bonds is 7. The van der Waals surface area contributed by atoms with Crippen LogP contribution in [0.5, 0.6) is 0 Å². The van der Waals surface area contributed by atoms with Gasteiger partial charge in [0.1, 0.15) is 9.88 Å². The summed E-state index contributed by atoms with van der Waals surface area (Å²) in [6.07, 6.45) is 1.85. The Labute approximate surface area is 167 Å². The van der Waals surface area contributed by atoms with Crippen molar-refractivity contribution in [3.63, 3.8) is 0 Å². The molecule has 0 aliphatic rings. The summed E-state index contributed by atoms with van der Waals surface area (Å²) in [4.78, 5) is 24.3. The number of methoxy groups -OCH3 is 2. The van der Waals surface area contributed by atoms with E-state index in [1.165, 1.54) is 19.8 Å². The van der Waals surface area contributed by atoms with Gasteiger partial charge in [0, 0.05) is 6.54 Å². The van der Waals surface area contributed by atoms with E-state index in [4.69, 9.17) is 21.7 Å². The highest BCUT2D eigenvalue weighted by Crippen LogP contribution is 2.34. The van der Waals surface area contributed by atoms with Gasteiger partial charge in [-0.15, -0.1) is 11.3 Å². The Bertz CT molecular complexity index is 819. The van der Waals surface area contributed by atoms with Gasteiger partial charge < -0.3 is 20.1 Å². The molecule has 0 amide bonds. The van der Waals surface area contributed by atoms with Gasteiger partial charge in [-0.2, -0.15) is 0 Å². The number of anilines is 1. The van der Waals surface area contributed by atoms with Crippen molar-refractivity contribution in [3.05, 3.63) is 51.9 Å². The fourth-order valence-corrected chi connectivity index (χ4v) is 3.91. The Kier molecular flexibility index (Phi) is 7.75. The van der Waals surface area contributed by atoms with E-state index in [0.29, 0.717) is 27.1 Å². The summed E-state index contributed by atoms with van der Waals surface area (Å²) in [7, 11) is 2.59. The van der Waals surface area contributed by atoms with Gasteiger partial charge in [0.05, 0.1) is 19.8 Å². The van der Waals surface area contributed by atoms with Crippen LogP contribution in [0.4, 0.5) is 5.00 Å². The number of hydrogen-bond donors (Lipinski definition) is 2. The molecule has 0 saturated heterocycles. The van der Waals surface area contributed by atoms with Crippen LogP contribution < -0.4 is 10.6 Å². The van der Waals surface area contributed by atoms with E-state index >= 15 is 0 Å². The molecule has 0 saturated carbocycles. The number of esters is 2.